The van der Waals surface area contributed by atoms with E-state index in [9.17, 15) is 22.8 Å². The molecule has 2 amide bonds. The van der Waals surface area contributed by atoms with E-state index in [1.54, 1.807) is 66.9 Å². The zero-order valence-corrected chi connectivity index (χ0v) is 25.0. The summed E-state index contributed by atoms with van der Waals surface area (Å²) in [5.74, 6) is -3.01. The van der Waals surface area contributed by atoms with Gasteiger partial charge in [0.1, 0.15) is 11.6 Å². The van der Waals surface area contributed by atoms with E-state index < -0.39 is 5.92 Å². The maximum atomic E-state index is 13.8. The van der Waals surface area contributed by atoms with E-state index in [-0.39, 0.29) is 61.9 Å². The number of amides is 2. The molecule has 3 heterocycles. The Labute approximate surface area is 268 Å². The predicted molar refractivity (Wildman–Crippen MR) is 170 cm³/mol. The fourth-order valence-corrected chi connectivity index (χ4v) is 5.15. The molecule has 0 unspecified atom stereocenters. The van der Waals surface area contributed by atoms with E-state index in [0.29, 0.717) is 33.6 Å². The van der Waals surface area contributed by atoms with Crippen molar-refractivity contribution < 1.29 is 27.2 Å². The number of carbonyl (C=O) groups excluding carboxylic acids is 2. The van der Waals surface area contributed by atoms with Crippen LogP contribution >= 0.6 is 0 Å². The Balaban J connectivity index is 1.20. The van der Waals surface area contributed by atoms with Crippen molar-refractivity contribution in [2.75, 3.05) is 18.8 Å². The Hall–Kier alpha value is -5.78. The minimum absolute atomic E-state index is 0.00888. The average molecular weight is 639 g/mol. The summed E-state index contributed by atoms with van der Waals surface area (Å²) in [5.41, 5.74) is 10.3. The number of aromatic nitrogens is 3. The molecule has 1 saturated heterocycles. The minimum Gasteiger partial charge on any atom is -0.419 e. The molecular formula is C35H29F3N6O3. The normalized spacial score (nSPS) is 14.3. The number of alkyl halides is 2. The van der Waals surface area contributed by atoms with Gasteiger partial charge in [0.2, 0.25) is 17.7 Å². The molecule has 12 heteroatoms. The van der Waals surface area contributed by atoms with Crippen molar-refractivity contribution in [3.8, 4) is 33.7 Å². The molecule has 3 aromatic carbocycles. The highest BCUT2D eigenvalue weighted by Gasteiger charge is 2.35. The van der Waals surface area contributed by atoms with Gasteiger partial charge in [0.25, 0.3) is 11.8 Å². The number of nitrogen functional groups attached to an aromatic ring is 1. The Bertz CT molecular complexity index is 1910. The van der Waals surface area contributed by atoms with E-state index in [0.717, 1.165) is 11.1 Å². The third kappa shape index (κ3) is 7.55. The first kappa shape index (κ1) is 31.2. The molecule has 6 rings (SSSR count). The van der Waals surface area contributed by atoms with Gasteiger partial charge in [0, 0.05) is 49.3 Å². The van der Waals surface area contributed by atoms with Crippen molar-refractivity contribution in [2.45, 2.75) is 25.3 Å². The molecule has 1 aliphatic heterocycles. The van der Waals surface area contributed by atoms with Crippen molar-refractivity contribution in [2.24, 2.45) is 0 Å². The van der Waals surface area contributed by atoms with Gasteiger partial charge in [-0.2, -0.15) is 0 Å². The fraction of sp³-hybridized carbons (Fsp3) is 0.171. The number of benzene rings is 3. The second-order valence-corrected chi connectivity index (χ2v) is 11.1. The van der Waals surface area contributed by atoms with E-state index in [2.05, 4.69) is 20.5 Å². The topological polar surface area (TPSA) is 127 Å². The minimum atomic E-state index is -2.73. The van der Waals surface area contributed by atoms with Gasteiger partial charge >= 0.3 is 0 Å². The third-order valence-electron chi connectivity index (χ3n) is 7.77. The monoisotopic (exact) mass is 638 g/mol. The molecule has 0 bridgehead atoms. The highest BCUT2D eigenvalue weighted by Crippen LogP contribution is 2.36. The van der Waals surface area contributed by atoms with Crippen LogP contribution in [-0.2, 0) is 11.3 Å². The summed E-state index contributed by atoms with van der Waals surface area (Å²) < 4.78 is 46.8. The van der Waals surface area contributed by atoms with Gasteiger partial charge < -0.3 is 20.4 Å². The first-order valence-electron chi connectivity index (χ1n) is 14.8. The zero-order chi connectivity index (χ0) is 33.0. The molecule has 9 nitrogen and oxygen atoms in total. The summed E-state index contributed by atoms with van der Waals surface area (Å²) in [4.78, 5) is 30.7. The first-order valence-corrected chi connectivity index (χ1v) is 14.8. The van der Waals surface area contributed by atoms with Gasteiger partial charge in [-0.15, -0.1) is 10.2 Å². The van der Waals surface area contributed by atoms with Crippen LogP contribution in [0.25, 0.3) is 39.8 Å². The Morgan fingerprint density at radius 2 is 1.60 bits per heavy atom. The van der Waals surface area contributed by atoms with Crippen LogP contribution in [0.3, 0.4) is 0 Å². The summed E-state index contributed by atoms with van der Waals surface area (Å²) in [6, 6.07) is 21.9. The maximum absolute atomic E-state index is 13.8. The van der Waals surface area contributed by atoms with Gasteiger partial charge in [-0.05, 0) is 82.4 Å². The molecule has 2 aromatic heterocycles. The number of pyridine rings is 1. The number of piperidine rings is 1. The second kappa shape index (κ2) is 13.3. The summed E-state index contributed by atoms with van der Waals surface area (Å²) in [6.45, 7) is 0.0175. The molecule has 5 aromatic rings. The molecular weight excluding hydrogens is 609 g/mol. The summed E-state index contributed by atoms with van der Waals surface area (Å²) in [7, 11) is 0. The number of hydrogen-bond donors (Lipinski definition) is 2. The maximum Gasteiger partial charge on any atom is 0.253 e. The number of nitrogens with two attached hydrogens (primary N) is 1. The van der Waals surface area contributed by atoms with Crippen LogP contribution in [-0.4, -0.2) is 50.9 Å². The Morgan fingerprint density at radius 3 is 2.30 bits per heavy atom. The lowest BCUT2D eigenvalue weighted by Crippen LogP contribution is -2.42. The molecule has 0 spiro atoms. The standard InChI is InChI=1S/C35H29F3N6O3/c36-27-10-7-24(8-11-27)29-19-26(23-3-5-25(6-4-23)34(46)44-17-15-35(37,38)16-18-44)9-12-28(29)33-43-42-32(47-33)21-41-31(45)14-2-22-1-13-30(39)40-20-22/h1-14,19-20H,15-18,21H2,(H2,39,40)(H,41,45)/b14-2+. The van der Waals surface area contributed by atoms with Crippen LogP contribution < -0.4 is 11.1 Å². The van der Waals surface area contributed by atoms with Crippen LogP contribution in [0.1, 0.15) is 34.7 Å². The largest absolute Gasteiger partial charge is 0.419 e. The molecule has 3 N–H and O–H groups in total. The summed E-state index contributed by atoms with van der Waals surface area (Å²) in [6.07, 6.45) is 3.82. The number of rotatable bonds is 8. The van der Waals surface area contributed by atoms with Crippen LogP contribution in [0.4, 0.5) is 19.0 Å². The van der Waals surface area contributed by atoms with Gasteiger partial charge in [-0.25, -0.2) is 18.2 Å². The van der Waals surface area contributed by atoms with Crippen molar-refractivity contribution in [3.05, 3.63) is 114 Å². The molecule has 1 fully saturated rings. The average Bonchev–Trinajstić information content (AvgIpc) is 3.56. The SMILES string of the molecule is Nc1ccc(/C=C/C(=O)NCc2nnc(-c3ccc(-c4ccc(C(=O)N5CCC(F)(F)CC5)cc4)cc3-c3ccc(F)cc3)o2)cn1. The lowest BCUT2D eigenvalue weighted by molar-refractivity contribution is -0.116. The lowest BCUT2D eigenvalue weighted by atomic mass is 9.94. The lowest BCUT2D eigenvalue weighted by Gasteiger charge is -2.31. The number of nitrogens with zero attached hydrogens (tertiary/aromatic N) is 4. The molecule has 1 aliphatic rings. The quantitative estimate of drug-likeness (QED) is 0.189. The fourth-order valence-electron chi connectivity index (χ4n) is 5.15. The number of nitrogens with one attached hydrogen (secondary N) is 1. The van der Waals surface area contributed by atoms with Crippen LogP contribution in [0.5, 0.6) is 0 Å². The molecule has 0 saturated carbocycles. The predicted octanol–water partition coefficient (Wildman–Crippen LogP) is 6.39. The van der Waals surface area contributed by atoms with Crippen molar-refractivity contribution in [1.29, 1.82) is 0 Å². The van der Waals surface area contributed by atoms with Gasteiger partial charge in [0.15, 0.2) is 0 Å². The number of carbonyl (C=O) groups is 2. The highest BCUT2D eigenvalue weighted by molar-refractivity contribution is 5.95. The van der Waals surface area contributed by atoms with Crippen LogP contribution in [0.15, 0.2) is 95.6 Å². The smallest absolute Gasteiger partial charge is 0.253 e. The number of likely N-dealkylation sites (tertiary alicyclic amines) is 1. The summed E-state index contributed by atoms with van der Waals surface area (Å²) >= 11 is 0. The van der Waals surface area contributed by atoms with E-state index in [1.807, 2.05) is 12.1 Å². The summed E-state index contributed by atoms with van der Waals surface area (Å²) in [5, 5.41) is 11.0. The van der Waals surface area contributed by atoms with Crippen LogP contribution in [0.2, 0.25) is 0 Å². The second-order valence-electron chi connectivity index (χ2n) is 11.1. The Kier molecular flexibility index (Phi) is 8.83. The molecule has 47 heavy (non-hydrogen) atoms. The van der Waals surface area contributed by atoms with Crippen LogP contribution in [0, 0.1) is 5.82 Å². The molecule has 0 radical (unpaired) electrons. The molecule has 0 aliphatic carbocycles. The van der Waals surface area contributed by atoms with E-state index in [1.165, 1.54) is 23.1 Å². The molecule has 238 valence electrons. The van der Waals surface area contributed by atoms with Gasteiger partial charge in [-0.3, -0.25) is 9.59 Å². The van der Waals surface area contributed by atoms with Gasteiger partial charge in [-0.1, -0.05) is 30.3 Å². The number of hydrogen-bond acceptors (Lipinski definition) is 7. The van der Waals surface area contributed by atoms with Crippen molar-refractivity contribution >= 4 is 23.7 Å². The Morgan fingerprint density at radius 1 is 0.894 bits per heavy atom. The molecule has 0 atom stereocenters. The number of halogens is 3. The zero-order valence-electron chi connectivity index (χ0n) is 25.0. The highest BCUT2D eigenvalue weighted by atomic mass is 19.3. The number of anilines is 1. The van der Waals surface area contributed by atoms with Crippen molar-refractivity contribution in [3.63, 3.8) is 0 Å². The first-order chi connectivity index (χ1) is 22.6. The van der Waals surface area contributed by atoms with Crippen molar-refractivity contribution in [1.82, 2.24) is 25.4 Å². The third-order valence-corrected chi connectivity index (χ3v) is 7.77. The van der Waals surface area contributed by atoms with Gasteiger partial charge in [0.05, 0.1) is 6.54 Å². The van der Waals surface area contributed by atoms with E-state index >= 15 is 0 Å². The van der Waals surface area contributed by atoms with E-state index in [4.69, 9.17) is 10.2 Å².